The predicted octanol–water partition coefficient (Wildman–Crippen LogP) is 6.14. The van der Waals surface area contributed by atoms with Crippen molar-refractivity contribution in [2.75, 3.05) is 5.75 Å². The smallest absolute Gasteiger partial charge is 0.185 e. The van der Waals surface area contributed by atoms with E-state index in [4.69, 9.17) is 0 Å². The lowest BCUT2D eigenvalue weighted by Crippen LogP contribution is -1.95. The van der Waals surface area contributed by atoms with Crippen molar-refractivity contribution in [2.24, 2.45) is 0 Å². The van der Waals surface area contributed by atoms with Gasteiger partial charge in [-0.1, -0.05) is 56.2 Å². The molecule has 1 nitrogen and oxygen atoms in total. The number of thioether (sulfide) groups is 1. The van der Waals surface area contributed by atoms with Gasteiger partial charge in [-0.25, -0.2) is 8.78 Å². The summed E-state index contributed by atoms with van der Waals surface area (Å²) in [4.78, 5) is 12.3. The maximum atomic E-state index is 14.1. The van der Waals surface area contributed by atoms with E-state index in [1.165, 1.54) is 30.0 Å². The van der Waals surface area contributed by atoms with E-state index >= 15 is 0 Å². The molecule has 4 heteroatoms. The second-order valence-corrected chi connectivity index (χ2v) is 6.54. The molecule has 0 aliphatic carbocycles. The van der Waals surface area contributed by atoms with E-state index in [2.05, 4.69) is 6.92 Å². The van der Waals surface area contributed by atoms with Crippen molar-refractivity contribution in [3.8, 4) is 0 Å². The first kappa shape index (κ1) is 18.4. The van der Waals surface area contributed by atoms with Gasteiger partial charge >= 0.3 is 0 Å². The lowest BCUT2D eigenvalue weighted by molar-refractivity contribution is 0.104. The van der Waals surface area contributed by atoms with Crippen LogP contribution in [-0.2, 0) is 0 Å². The highest BCUT2D eigenvalue weighted by molar-refractivity contribution is 7.99. The zero-order valence-corrected chi connectivity index (χ0v) is 14.4. The van der Waals surface area contributed by atoms with Crippen molar-refractivity contribution in [3.05, 3.63) is 71.3 Å². The highest BCUT2D eigenvalue weighted by Crippen LogP contribution is 2.27. The molecule has 2 rings (SSSR count). The van der Waals surface area contributed by atoms with Crippen LogP contribution in [0.3, 0.4) is 0 Å². The zero-order valence-electron chi connectivity index (χ0n) is 13.6. The van der Waals surface area contributed by atoms with Gasteiger partial charge in [-0.3, -0.25) is 4.79 Å². The fraction of sp³-hybridized carbons (Fsp3) is 0.250. The number of hydrogen-bond acceptors (Lipinski definition) is 2. The minimum absolute atomic E-state index is 0.0784. The van der Waals surface area contributed by atoms with Crippen LogP contribution in [0.15, 0.2) is 53.4 Å². The Bertz CT molecular complexity index is 711. The molecule has 0 aromatic heterocycles. The number of halogens is 2. The van der Waals surface area contributed by atoms with Gasteiger partial charge in [0.05, 0.1) is 0 Å². The summed E-state index contributed by atoms with van der Waals surface area (Å²) in [5, 5.41) is 0. The highest BCUT2D eigenvalue weighted by atomic mass is 32.2. The van der Waals surface area contributed by atoms with Crippen LogP contribution in [0.5, 0.6) is 0 Å². The molecular formula is C20H20F2OS. The summed E-state index contributed by atoms with van der Waals surface area (Å²) in [7, 11) is 0. The van der Waals surface area contributed by atoms with Crippen LogP contribution in [0.25, 0.3) is 6.08 Å². The minimum atomic E-state index is -0.910. The fourth-order valence-electron chi connectivity index (χ4n) is 2.19. The molecule has 0 aliphatic heterocycles. The molecule has 0 saturated heterocycles. The number of benzene rings is 2. The Hall–Kier alpha value is -1.94. The van der Waals surface area contributed by atoms with Crippen molar-refractivity contribution < 1.29 is 13.6 Å². The van der Waals surface area contributed by atoms with Gasteiger partial charge in [0.1, 0.15) is 0 Å². The SMILES string of the molecule is CCCCCSc1ccc(C=CC(=O)c2ccccc2)c(F)c1F. The Labute approximate surface area is 145 Å². The first-order valence-corrected chi connectivity index (χ1v) is 9.00. The van der Waals surface area contributed by atoms with E-state index in [0.29, 0.717) is 10.5 Å². The van der Waals surface area contributed by atoms with E-state index in [9.17, 15) is 13.6 Å². The van der Waals surface area contributed by atoms with Crippen LogP contribution in [0.2, 0.25) is 0 Å². The van der Waals surface area contributed by atoms with Gasteiger partial charge in [-0.05, 0) is 30.4 Å². The largest absolute Gasteiger partial charge is 0.289 e. The standard InChI is InChI=1S/C20H20F2OS/c1-2-3-7-14-24-18-13-11-16(19(21)20(18)22)10-12-17(23)15-8-5-4-6-9-15/h4-6,8-13H,2-3,7,14H2,1H3. The lowest BCUT2D eigenvalue weighted by atomic mass is 10.1. The average molecular weight is 346 g/mol. The molecule has 0 spiro atoms. The van der Waals surface area contributed by atoms with Crippen LogP contribution in [0, 0.1) is 11.6 Å². The van der Waals surface area contributed by atoms with Crippen molar-refractivity contribution in [1.29, 1.82) is 0 Å². The van der Waals surface area contributed by atoms with Crippen molar-refractivity contribution >= 4 is 23.6 Å². The third kappa shape index (κ3) is 5.03. The van der Waals surface area contributed by atoms with Gasteiger partial charge in [0, 0.05) is 16.0 Å². The van der Waals surface area contributed by atoms with Gasteiger partial charge in [0.25, 0.3) is 0 Å². The van der Waals surface area contributed by atoms with E-state index in [-0.39, 0.29) is 11.3 Å². The van der Waals surface area contributed by atoms with Crippen molar-refractivity contribution in [1.82, 2.24) is 0 Å². The molecule has 0 unspecified atom stereocenters. The number of carbonyl (C=O) groups is 1. The molecule has 0 N–H and O–H groups in total. The summed E-state index contributed by atoms with van der Waals surface area (Å²) in [6.07, 6.45) is 5.74. The number of allylic oxidation sites excluding steroid dienone is 1. The summed E-state index contributed by atoms with van der Waals surface area (Å²) in [6, 6.07) is 11.8. The first-order chi connectivity index (χ1) is 11.6. The molecule has 0 heterocycles. The van der Waals surface area contributed by atoms with Crippen molar-refractivity contribution in [3.63, 3.8) is 0 Å². The topological polar surface area (TPSA) is 17.1 Å². The highest BCUT2D eigenvalue weighted by Gasteiger charge is 2.12. The molecule has 0 atom stereocenters. The van der Waals surface area contributed by atoms with E-state index in [0.717, 1.165) is 25.0 Å². The van der Waals surface area contributed by atoms with Gasteiger partial charge in [0.2, 0.25) is 0 Å². The molecule has 2 aromatic carbocycles. The Balaban J connectivity index is 2.07. The van der Waals surface area contributed by atoms with E-state index < -0.39 is 11.6 Å². The second kappa shape index (κ2) is 9.38. The van der Waals surface area contributed by atoms with Gasteiger partial charge in [-0.2, -0.15) is 0 Å². The fourth-order valence-corrected chi connectivity index (χ4v) is 3.13. The molecule has 0 fully saturated rings. The summed E-state index contributed by atoms with van der Waals surface area (Å²) in [6.45, 7) is 2.10. The van der Waals surface area contributed by atoms with Crippen molar-refractivity contribution in [2.45, 2.75) is 31.1 Å². The van der Waals surface area contributed by atoms with Gasteiger partial charge < -0.3 is 0 Å². The Morgan fingerprint density at radius 1 is 1.04 bits per heavy atom. The Kier molecular flexibility index (Phi) is 7.19. The lowest BCUT2D eigenvalue weighted by Gasteiger charge is -2.06. The Morgan fingerprint density at radius 3 is 2.50 bits per heavy atom. The van der Waals surface area contributed by atoms with E-state index in [1.54, 1.807) is 30.3 Å². The molecule has 2 aromatic rings. The maximum Gasteiger partial charge on any atom is 0.185 e. The third-order valence-electron chi connectivity index (χ3n) is 3.55. The third-order valence-corrected chi connectivity index (χ3v) is 4.67. The zero-order chi connectivity index (χ0) is 17.4. The number of hydrogen-bond donors (Lipinski definition) is 0. The maximum absolute atomic E-state index is 14.1. The molecule has 24 heavy (non-hydrogen) atoms. The molecular weight excluding hydrogens is 326 g/mol. The van der Waals surface area contributed by atoms with Gasteiger partial charge in [-0.15, -0.1) is 11.8 Å². The quantitative estimate of drug-likeness (QED) is 0.247. The number of ketones is 1. The number of rotatable bonds is 8. The Morgan fingerprint density at radius 2 is 1.79 bits per heavy atom. The van der Waals surface area contributed by atoms with Crippen LogP contribution in [-0.4, -0.2) is 11.5 Å². The summed E-state index contributed by atoms with van der Waals surface area (Å²) in [5.74, 6) is -1.22. The number of unbranched alkanes of at least 4 members (excludes halogenated alkanes) is 2. The molecule has 0 bridgehead atoms. The van der Waals surface area contributed by atoms with Crippen LogP contribution >= 0.6 is 11.8 Å². The molecule has 126 valence electrons. The van der Waals surface area contributed by atoms with Gasteiger partial charge in [0.15, 0.2) is 17.4 Å². The van der Waals surface area contributed by atoms with E-state index in [1.807, 2.05) is 6.07 Å². The summed E-state index contributed by atoms with van der Waals surface area (Å²) < 4.78 is 28.2. The molecule has 0 aliphatic rings. The summed E-state index contributed by atoms with van der Waals surface area (Å²) >= 11 is 1.33. The molecule has 0 saturated carbocycles. The normalized spacial score (nSPS) is 11.1. The summed E-state index contributed by atoms with van der Waals surface area (Å²) in [5.41, 5.74) is 0.590. The first-order valence-electron chi connectivity index (χ1n) is 8.01. The molecule has 0 amide bonds. The predicted molar refractivity (Wildman–Crippen MR) is 96.4 cm³/mol. The second-order valence-electron chi connectivity index (χ2n) is 5.40. The number of carbonyl (C=O) groups excluding carboxylic acids is 1. The van der Waals surface area contributed by atoms with Crippen LogP contribution in [0.1, 0.15) is 42.1 Å². The molecule has 0 radical (unpaired) electrons. The minimum Gasteiger partial charge on any atom is -0.289 e. The van der Waals surface area contributed by atoms with Crippen LogP contribution < -0.4 is 0 Å². The monoisotopic (exact) mass is 346 g/mol. The van der Waals surface area contributed by atoms with Crippen LogP contribution in [0.4, 0.5) is 8.78 Å². The average Bonchev–Trinajstić information content (AvgIpc) is 2.62.